The molecule has 0 saturated carbocycles. The fourth-order valence-corrected chi connectivity index (χ4v) is 1.28. The summed E-state index contributed by atoms with van der Waals surface area (Å²) in [6.07, 6.45) is 0. The van der Waals surface area contributed by atoms with Crippen LogP contribution in [0.2, 0.25) is 0 Å². The maximum Gasteiger partial charge on any atom is 0.171 e. The number of rotatable bonds is 2. The third-order valence-corrected chi connectivity index (χ3v) is 2.09. The highest BCUT2D eigenvalue weighted by Gasteiger charge is 2.04. The Morgan fingerprint density at radius 1 is 0.875 bits per heavy atom. The summed E-state index contributed by atoms with van der Waals surface area (Å²) in [6, 6.07) is 11.5. The van der Waals surface area contributed by atoms with Gasteiger partial charge in [-0.05, 0) is 36.4 Å². The molecule has 0 fully saturated rings. The second-order valence-electron chi connectivity index (χ2n) is 3.40. The van der Waals surface area contributed by atoms with Crippen molar-refractivity contribution >= 4 is 11.4 Å². The molecule has 2 aromatic carbocycles. The largest absolute Gasteiger partial charge is 0.504 e. The van der Waals surface area contributed by atoms with Gasteiger partial charge in [0.1, 0.15) is 5.75 Å². The number of anilines is 2. The van der Waals surface area contributed by atoms with E-state index in [0.29, 0.717) is 22.9 Å². The van der Waals surface area contributed by atoms with Crippen molar-refractivity contribution in [1.29, 1.82) is 0 Å². The highest BCUT2D eigenvalue weighted by atomic mass is 16.5. The minimum atomic E-state index is 0.0472. The summed E-state index contributed by atoms with van der Waals surface area (Å²) in [5.74, 6) is 0.964. The van der Waals surface area contributed by atoms with Crippen LogP contribution in [0.15, 0.2) is 42.5 Å². The maximum atomic E-state index is 9.55. The van der Waals surface area contributed by atoms with Crippen molar-refractivity contribution in [3.05, 3.63) is 42.5 Å². The third kappa shape index (κ3) is 2.17. The number of nitrogen functional groups attached to an aromatic ring is 2. The van der Waals surface area contributed by atoms with Gasteiger partial charge in [0, 0.05) is 17.4 Å². The number of benzene rings is 2. The van der Waals surface area contributed by atoms with Gasteiger partial charge in [0.25, 0.3) is 0 Å². The Morgan fingerprint density at radius 3 is 2.19 bits per heavy atom. The van der Waals surface area contributed by atoms with Crippen LogP contribution in [0.3, 0.4) is 0 Å². The highest BCUT2D eigenvalue weighted by Crippen LogP contribution is 2.32. The molecule has 4 nitrogen and oxygen atoms in total. The van der Waals surface area contributed by atoms with Crippen molar-refractivity contribution in [2.75, 3.05) is 11.5 Å². The van der Waals surface area contributed by atoms with Gasteiger partial charge in [-0.3, -0.25) is 0 Å². The van der Waals surface area contributed by atoms with Gasteiger partial charge in [0.2, 0.25) is 0 Å². The van der Waals surface area contributed by atoms with Crippen molar-refractivity contribution in [3.63, 3.8) is 0 Å². The number of hydrogen-bond acceptors (Lipinski definition) is 4. The average molecular weight is 216 g/mol. The Bertz CT molecular complexity index is 495. The van der Waals surface area contributed by atoms with Gasteiger partial charge < -0.3 is 21.3 Å². The van der Waals surface area contributed by atoms with Crippen LogP contribution in [0.1, 0.15) is 0 Å². The van der Waals surface area contributed by atoms with E-state index in [1.54, 1.807) is 36.4 Å². The first-order valence-corrected chi connectivity index (χ1v) is 4.77. The van der Waals surface area contributed by atoms with E-state index in [0.717, 1.165) is 0 Å². The first-order chi connectivity index (χ1) is 7.65. The second kappa shape index (κ2) is 4.02. The Kier molecular flexibility index (Phi) is 2.55. The van der Waals surface area contributed by atoms with E-state index in [4.69, 9.17) is 16.2 Å². The molecular weight excluding hydrogens is 204 g/mol. The van der Waals surface area contributed by atoms with Gasteiger partial charge in [-0.25, -0.2) is 0 Å². The van der Waals surface area contributed by atoms with Gasteiger partial charge in [0.05, 0.1) is 0 Å². The molecule has 0 aromatic heterocycles. The van der Waals surface area contributed by atoms with Crippen LogP contribution in [0.25, 0.3) is 0 Å². The van der Waals surface area contributed by atoms with Crippen LogP contribution in [0.5, 0.6) is 17.2 Å². The topological polar surface area (TPSA) is 81.5 Å². The summed E-state index contributed by atoms with van der Waals surface area (Å²) >= 11 is 0. The number of nitrogens with two attached hydrogens (primary N) is 2. The van der Waals surface area contributed by atoms with Crippen molar-refractivity contribution < 1.29 is 9.84 Å². The molecular formula is C12H12N2O2. The predicted molar refractivity (Wildman–Crippen MR) is 63.4 cm³/mol. The Morgan fingerprint density at radius 2 is 1.50 bits per heavy atom. The number of ether oxygens (including phenoxy) is 1. The van der Waals surface area contributed by atoms with Gasteiger partial charge >= 0.3 is 0 Å². The van der Waals surface area contributed by atoms with E-state index in [9.17, 15) is 5.11 Å². The maximum absolute atomic E-state index is 9.55. The zero-order valence-electron chi connectivity index (χ0n) is 8.55. The first-order valence-electron chi connectivity index (χ1n) is 4.77. The molecule has 0 aliphatic carbocycles. The first kappa shape index (κ1) is 10.2. The molecule has 0 heterocycles. The molecule has 82 valence electrons. The normalized spacial score (nSPS) is 10.0. The lowest BCUT2D eigenvalue weighted by atomic mass is 10.2. The van der Waals surface area contributed by atoms with Crippen molar-refractivity contribution in [1.82, 2.24) is 0 Å². The molecule has 5 N–H and O–H groups in total. The molecule has 4 heteroatoms. The lowest BCUT2D eigenvalue weighted by Gasteiger charge is -2.08. The monoisotopic (exact) mass is 216 g/mol. The van der Waals surface area contributed by atoms with Crippen LogP contribution < -0.4 is 16.2 Å². The Balaban J connectivity index is 2.26. The molecule has 0 spiro atoms. The van der Waals surface area contributed by atoms with E-state index < -0.39 is 0 Å². The van der Waals surface area contributed by atoms with E-state index in [1.807, 2.05) is 0 Å². The van der Waals surface area contributed by atoms with Gasteiger partial charge in [-0.2, -0.15) is 0 Å². The van der Waals surface area contributed by atoms with Crippen molar-refractivity contribution in [2.45, 2.75) is 0 Å². The number of hydrogen-bond donors (Lipinski definition) is 3. The molecule has 0 saturated heterocycles. The summed E-state index contributed by atoms with van der Waals surface area (Å²) < 4.78 is 5.46. The van der Waals surface area contributed by atoms with Gasteiger partial charge in [-0.1, -0.05) is 0 Å². The summed E-state index contributed by atoms with van der Waals surface area (Å²) in [5, 5.41) is 9.55. The van der Waals surface area contributed by atoms with E-state index in [2.05, 4.69) is 0 Å². The zero-order chi connectivity index (χ0) is 11.5. The molecule has 0 bridgehead atoms. The number of phenolic OH excluding ortho intramolecular Hbond substituents is 1. The van der Waals surface area contributed by atoms with Gasteiger partial charge in [-0.15, -0.1) is 0 Å². The lowest BCUT2D eigenvalue weighted by Crippen LogP contribution is -1.89. The molecule has 0 aliphatic rings. The van der Waals surface area contributed by atoms with E-state index in [-0.39, 0.29) is 5.75 Å². The van der Waals surface area contributed by atoms with Crippen molar-refractivity contribution in [2.24, 2.45) is 0 Å². The fourth-order valence-electron chi connectivity index (χ4n) is 1.28. The summed E-state index contributed by atoms with van der Waals surface area (Å²) in [5.41, 5.74) is 12.3. The van der Waals surface area contributed by atoms with Gasteiger partial charge in [0.15, 0.2) is 11.5 Å². The quantitative estimate of drug-likeness (QED) is 0.531. The van der Waals surface area contributed by atoms with Crippen LogP contribution in [0.4, 0.5) is 11.4 Å². The third-order valence-electron chi connectivity index (χ3n) is 2.09. The molecule has 2 rings (SSSR count). The minimum absolute atomic E-state index is 0.0472. The zero-order valence-corrected chi connectivity index (χ0v) is 8.55. The average Bonchev–Trinajstić information content (AvgIpc) is 2.27. The van der Waals surface area contributed by atoms with Crippen LogP contribution in [0, 0.1) is 0 Å². The Labute approximate surface area is 93.1 Å². The SMILES string of the molecule is Nc1ccc(Oc2cc(N)ccc2O)cc1. The Hall–Kier alpha value is -2.36. The second-order valence-corrected chi connectivity index (χ2v) is 3.40. The van der Waals surface area contributed by atoms with E-state index in [1.165, 1.54) is 6.07 Å². The molecule has 0 amide bonds. The minimum Gasteiger partial charge on any atom is -0.504 e. The fraction of sp³-hybridized carbons (Fsp3) is 0. The smallest absolute Gasteiger partial charge is 0.171 e. The van der Waals surface area contributed by atoms with Crippen molar-refractivity contribution in [3.8, 4) is 17.2 Å². The molecule has 0 radical (unpaired) electrons. The lowest BCUT2D eigenvalue weighted by molar-refractivity contribution is 0.411. The molecule has 0 atom stereocenters. The molecule has 0 unspecified atom stereocenters. The molecule has 16 heavy (non-hydrogen) atoms. The summed E-state index contributed by atoms with van der Waals surface area (Å²) in [4.78, 5) is 0. The molecule has 2 aromatic rings. The van der Waals surface area contributed by atoms with Crippen LogP contribution >= 0.6 is 0 Å². The predicted octanol–water partition coefficient (Wildman–Crippen LogP) is 2.35. The number of aromatic hydroxyl groups is 1. The molecule has 0 aliphatic heterocycles. The van der Waals surface area contributed by atoms with Crippen LogP contribution in [-0.2, 0) is 0 Å². The highest BCUT2D eigenvalue weighted by molar-refractivity contribution is 5.53. The summed E-state index contributed by atoms with van der Waals surface area (Å²) in [6.45, 7) is 0. The van der Waals surface area contributed by atoms with E-state index >= 15 is 0 Å². The van der Waals surface area contributed by atoms with Crippen LogP contribution in [-0.4, -0.2) is 5.11 Å². The number of phenols is 1. The standard InChI is InChI=1S/C12H12N2O2/c13-8-1-4-10(5-2-8)16-12-7-9(14)3-6-11(12)15/h1-7,15H,13-14H2. The summed E-state index contributed by atoms with van der Waals surface area (Å²) in [7, 11) is 0.